The SMILES string of the molecule is CCCC(CCC1CCC(C)C(C)C1)NC. The van der Waals surface area contributed by atoms with Crippen LogP contribution in [0.2, 0.25) is 0 Å². The van der Waals surface area contributed by atoms with Crippen LogP contribution in [0.5, 0.6) is 0 Å². The van der Waals surface area contributed by atoms with Crippen molar-refractivity contribution in [1.29, 1.82) is 0 Å². The maximum atomic E-state index is 3.46. The third-order valence-electron chi connectivity index (χ3n) is 4.68. The Labute approximate surface area is 102 Å². The van der Waals surface area contributed by atoms with Gasteiger partial charge in [0.1, 0.15) is 0 Å². The van der Waals surface area contributed by atoms with Crippen LogP contribution in [-0.4, -0.2) is 13.1 Å². The topological polar surface area (TPSA) is 12.0 Å². The summed E-state index contributed by atoms with van der Waals surface area (Å²) in [6, 6.07) is 0.764. The van der Waals surface area contributed by atoms with Gasteiger partial charge in [0, 0.05) is 6.04 Å². The molecule has 1 nitrogen and oxygen atoms in total. The van der Waals surface area contributed by atoms with Crippen molar-refractivity contribution in [1.82, 2.24) is 5.32 Å². The highest BCUT2D eigenvalue weighted by Gasteiger charge is 2.24. The van der Waals surface area contributed by atoms with E-state index in [1.807, 2.05) is 0 Å². The molecule has 0 radical (unpaired) electrons. The minimum absolute atomic E-state index is 0.764. The molecular formula is C15H31N. The molecule has 1 N–H and O–H groups in total. The Morgan fingerprint density at radius 3 is 2.44 bits per heavy atom. The van der Waals surface area contributed by atoms with Gasteiger partial charge in [0.05, 0.1) is 0 Å². The van der Waals surface area contributed by atoms with E-state index in [1.54, 1.807) is 0 Å². The van der Waals surface area contributed by atoms with E-state index in [0.29, 0.717) is 0 Å². The first-order valence-corrected chi connectivity index (χ1v) is 7.34. The standard InChI is InChI=1S/C15H31N/c1-5-6-15(16-4)10-9-14-8-7-12(2)13(3)11-14/h12-16H,5-11H2,1-4H3. The van der Waals surface area contributed by atoms with E-state index in [9.17, 15) is 0 Å². The molecule has 0 saturated heterocycles. The van der Waals surface area contributed by atoms with Gasteiger partial charge in [-0.25, -0.2) is 0 Å². The van der Waals surface area contributed by atoms with Gasteiger partial charge in [0.2, 0.25) is 0 Å². The summed E-state index contributed by atoms with van der Waals surface area (Å²) < 4.78 is 0. The molecule has 4 unspecified atom stereocenters. The Balaban J connectivity index is 2.21. The van der Waals surface area contributed by atoms with Gasteiger partial charge in [-0.2, -0.15) is 0 Å². The fourth-order valence-electron chi connectivity index (χ4n) is 3.14. The van der Waals surface area contributed by atoms with Crippen molar-refractivity contribution in [3.8, 4) is 0 Å². The summed E-state index contributed by atoms with van der Waals surface area (Å²) in [4.78, 5) is 0. The molecular weight excluding hydrogens is 194 g/mol. The highest BCUT2D eigenvalue weighted by atomic mass is 14.9. The molecule has 0 heterocycles. The van der Waals surface area contributed by atoms with Gasteiger partial charge < -0.3 is 5.32 Å². The van der Waals surface area contributed by atoms with Crippen molar-refractivity contribution in [2.75, 3.05) is 7.05 Å². The summed E-state index contributed by atoms with van der Waals surface area (Å²) in [7, 11) is 2.12. The van der Waals surface area contributed by atoms with Gasteiger partial charge in [-0.3, -0.25) is 0 Å². The molecule has 0 amide bonds. The lowest BCUT2D eigenvalue weighted by atomic mass is 9.74. The molecule has 1 fully saturated rings. The van der Waals surface area contributed by atoms with Gasteiger partial charge >= 0.3 is 0 Å². The van der Waals surface area contributed by atoms with Crippen molar-refractivity contribution in [2.45, 2.75) is 71.8 Å². The summed E-state index contributed by atoms with van der Waals surface area (Å²) in [6.07, 6.45) is 9.90. The predicted molar refractivity (Wildman–Crippen MR) is 72.7 cm³/mol. The first-order chi connectivity index (χ1) is 7.67. The maximum absolute atomic E-state index is 3.46. The Morgan fingerprint density at radius 2 is 1.88 bits per heavy atom. The molecule has 1 rings (SSSR count). The number of hydrogen-bond acceptors (Lipinski definition) is 1. The van der Waals surface area contributed by atoms with Crippen molar-refractivity contribution < 1.29 is 0 Å². The summed E-state index contributed by atoms with van der Waals surface area (Å²) in [6.45, 7) is 7.15. The Hall–Kier alpha value is -0.0400. The fourth-order valence-corrected chi connectivity index (χ4v) is 3.14. The largest absolute Gasteiger partial charge is 0.317 e. The first kappa shape index (κ1) is 14.0. The van der Waals surface area contributed by atoms with Crippen LogP contribution in [0, 0.1) is 17.8 Å². The summed E-state index contributed by atoms with van der Waals surface area (Å²) in [5, 5.41) is 3.46. The van der Waals surface area contributed by atoms with Crippen LogP contribution in [-0.2, 0) is 0 Å². The average molecular weight is 225 g/mol. The maximum Gasteiger partial charge on any atom is 0.00640 e. The summed E-state index contributed by atoms with van der Waals surface area (Å²) in [5.74, 6) is 2.93. The zero-order valence-corrected chi connectivity index (χ0v) is 11.8. The van der Waals surface area contributed by atoms with E-state index in [2.05, 4.69) is 33.1 Å². The molecule has 16 heavy (non-hydrogen) atoms. The molecule has 0 aliphatic heterocycles. The van der Waals surface area contributed by atoms with Crippen LogP contribution < -0.4 is 5.32 Å². The molecule has 1 aliphatic rings. The first-order valence-electron chi connectivity index (χ1n) is 7.34. The van der Waals surface area contributed by atoms with E-state index in [0.717, 1.165) is 23.8 Å². The lowest BCUT2D eigenvalue weighted by Gasteiger charge is -2.32. The molecule has 0 spiro atoms. The van der Waals surface area contributed by atoms with E-state index < -0.39 is 0 Å². The number of rotatable bonds is 6. The fraction of sp³-hybridized carbons (Fsp3) is 1.00. The smallest absolute Gasteiger partial charge is 0.00640 e. The minimum atomic E-state index is 0.764. The van der Waals surface area contributed by atoms with Gasteiger partial charge in [-0.1, -0.05) is 40.0 Å². The van der Waals surface area contributed by atoms with Crippen molar-refractivity contribution >= 4 is 0 Å². The molecule has 0 bridgehead atoms. The third kappa shape index (κ3) is 4.45. The van der Waals surface area contributed by atoms with Crippen LogP contribution in [0.1, 0.15) is 65.7 Å². The lowest BCUT2D eigenvalue weighted by molar-refractivity contribution is 0.193. The Morgan fingerprint density at radius 1 is 1.12 bits per heavy atom. The van der Waals surface area contributed by atoms with Gasteiger partial charge in [0.15, 0.2) is 0 Å². The highest BCUT2D eigenvalue weighted by molar-refractivity contribution is 4.77. The second-order valence-electron chi connectivity index (χ2n) is 5.99. The Kier molecular flexibility index (Phi) is 6.41. The third-order valence-corrected chi connectivity index (χ3v) is 4.68. The number of hydrogen-bond donors (Lipinski definition) is 1. The van der Waals surface area contributed by atoms with Gasteiger partial charge in [-0.05, 0) is 50.5 Å². The normalized spacial score (nSPS) is 32.6. The second kappa shape index (κ2) is 7.32. The summed E-state index contributed by atoms with van der Waals surface area (Å²) >= 11 is 0. The van der Waals surface area contributed by atoms with Gasteiger partial charge in [0.25, 0.3) is 0 Å². The van der Waals surface area contributed by atoms with E-state index in [4.69, 9.17) is 0 Å². The zero-order chi connectivity index (χ0) is 12.0. The van der Waals surface area contributed by atoms with Crippen molar-refractivity contribution in [3.05, 3.63) is 0 Å². The molecule has 1 aliphatic carbocycles. The Bertz CT molecular complexity index is 178. The molecule has 0 aromatic carbocycles. The van der Waals surface area contributed by atoms with Crippen molar-refractivity contribution in [3.63, 3.8) is 0 Å². The van der Waals surface area contributed by atoms with E-state index >= 15 is 0 Å². The molecule has 0 aromatic rings. The molecule has 1 saturated carbocycles. The molecule has 4 atom stereocenters. The van der Waals surface area contributed by atoms with Crippen molar-refractivity contribution in [2.24, 2.45) is 17.8 Å². The van der Waals surface area contributed by atoms with E-state index in [-0.39, 0.29) is 0 Å². The minimum Gasteiger partial charge on any atom is -0.317 e. The quantitative estimate of drug-likeness (QED) is 0.713. The zero-order valence-electron chi connectivity index (χ0n) is 11.8. The molecule has 0 aromatic heterocycles. The lowest BCUT2D eigenvalue weighted by Crippen LogP contribution is -2.27. The highest BCUT2D eigenvalue weighted by Crippen LogP contribution is 2.35. The van der Waals surface area contributed by atoms with E-state index in [1.165, 1.54) is 44.9 Å². The van der Waals surface area contributed by atoms with Crippen LogP contribution >= 0.6 is 0 Å². The molecule has 96 valence electrons. The van der Waals surface area contributed by atoms with Crippen LogP contribution in [0.4, 0.5) is 0 Å². The monoisotopic (exact) mass is 225 g/mol. The summed E-state index contributed by atoms with van der Waals surface area (Å²) in [5.41, 5.74) is 0. The van der Waals surface area contributed by atoms with Crippen LogP contribution in [0.3, 0.4) is 0 Å². The average Bonchev–Trinajstić information content (AvgIpc) is 2.28. The van der Waals surface area contributed by atoms with Gasteiger partial charge in [-0.15, -0.1) is 0 Å². The second-order valence-corrected chi connectivity index (χ2v) is 5.99. The van der Waals surface area contributed by atoms with Crippen LogP contribution in [0.25, 0.3) is 0 Å². The molecule has 1 heteroatoms. The van der Waals surface area contributed by atoms with Crippen LogP contribution in [0.15, 0.2) is 0 Å². The predicted octanol–water partition coefficient (Wildman–Crippen LogP) is 4.23. The number of nitrogens with one attached hydrogen (secondary N) is 1.